The van der Waals surface area contributed by atoms with Gasteiger partial charge in [0, 0.05) is 77.6 Å². The van der Waals surface area contributed by atoms with Crippen LogP contribution >= 0.6 is 11.3 Å². The number of hydrogen-bond donors (Lipinski definition) is 0. The van der Waals surface area contributed by atoms with Crippen LogP contribution in [0.1, 0.15) is 0 Å². The highest BCUT2D eigenvalue weighted by atomic mass is 32.1. The molecule has 4 nitrogen and oxygen atoms in total. The predicted molar refractivity (Wildman–Crippen MR) is 248 cm³/mol. The number of benzene rings is 8. The molecule has 5 heteroatoms. The molecule has 12 rings (SSSR count). The average molecular weight is 772 g/mol. The van der Waals surface area contributed by atoms with Crippen molar-refractivity contribution in [3.63, 3.8) is 0 Å². The van der Waals surface area contributed by atoms with Gasteiger partial charge in [0.25, 0.3) is 0 Å². The van der Waals surface area contributed by atoms with E-state index in [9.17, 15) is 0 Å². The molecule has 0 bridgehead atoms. The van der Waals surface area contributed by atoms with Gasteiger partial charge in [0.1, 0.15) is 11.2 Å². The molecule has 0 aliphatic rings. The van der Waals surface area contributed by atoms with Gasteiger partial charge in [0.15, 0.2) is 0 Å². The highest BCUT2D eigenvalue weighted by Gasteiger charge is 2.17. The van der Waals surface area contributed by atoms with Gasteiger partial charge in [0.05, 0.1) is 11.4 Å². The molecule has 0 unspecified atom stereocenters. The fourth-order valence-corrected chi connectivity index (χ4v) is 9.69. The number of hydrogen-bond acceptors (Lipinski definition) is 5. The fraction of sp³-hybridized carbons (Fsp3) is 0. The first-order valence-electron chi connectivity index (χ1n) is 19.8. The number of aromatic nitrogens is 2. The Hall–Kier alpha value is -7.60. The maximum atomic E-state index is 6.20. The number of rotatable bonds is 6. The number of nitrogens with zero attached hydrogens (tertiary/aromatic N) is 3. The molecule has 0 radical (unpaired) electrons. The van der Waals surface area contributed by atoms with Crippen LogP contribution in [0.2, 0.25) is 0 Å². The smallest absolute Gasteiger partial charge is 0.139 e. The number of para-hydroxylation sites is 1. The Kier molecular flexibility index (Phi) is 7.68. The van der Waals surface area contributed by atoms with Crippen molar-refractivity contribution in [2.45, 2.75) is 0 Å². The van der Waals surface area contributed by atoms with Gasteiger partial charge in [-0.3, -0.25) is 9.97 Å². The van der Waals surface area contributed by atoms with Gasteiger partial charge in [-0.05, 0) is 93.3 Å². The van der Waals surface area contributed by atoms with Crippen molar-refractivity contribution >= 4 is 92.1 Å². The lowest BCUT2D eigenvalue weighted by molar-refractivity contribution is 0.668. The topological polar surface area (TPSA) is 42.2 Å². The molecule has 0 atom stereocenters. The first-order chi connectivity index (χ1) is 29.2. The number of fused-ring (bicyclic) bond motifs is 9. The van der Waals surface area contributed by atoms with E-state index in [1.54, 1.807) is 0 Å². The highest BCUT2D eigenvalue weighted by Crippen LogP contribution is 2.41. The maximum Gasteiger partial charge on any atom is 0.139 e. The first-order valence-corrected chi connectivity index (χ1v) is 20.6. The molecule has 4 aromatic heterocycles. The van der Waals surface area contributed by atoms with Gasteiger partial charge in [-0.15, -0.1) is 11.3 Å². The van der Waals surface area contributed by atoms with Crippen LogP contribution in [0.5, 0.6) is 0 Å². The Balaban J connectivity index is 0.937. The Labute approximate surface area is 343 Å². The molecule has 0 aliphatic carbocycles. The zero-order chi connectivity index (χ0) is 38.9. The second kappa shape index (κ2) is 13.5. The Morgan fingerprint density at radius 1 is 0.356 bits per heavy atom. The molecule has 0 saturated carbocycles. The molecule has 0 aliphatic heterocycles. The van der Waals surface area contributed by atoms with Gasteiger partial charge in [-0.2, -0.15) is 0 Å². The Morgan fingerprint density at radius 2 is 0.949 bits per heavy atom. The van der Waals surface area contributed by atoms with Gasteiger partial charge >= 0.3 is 0 Å². The van der Waals surface area contributed by atoms with Crippen LogP contribution < -0.4 is 4.90 Å². The van der Waals surface area contributed by atoms with Crippen molar-refractivity contribution in [3.8, 4) is 33.6 Å². The zero-order valence-corrected chi connectivity index (χ0v) is 32.5. The lowest BCUT2D eigenvalue weighted by Crippen LogP contribution is -2.10. The van der Waals surface area contributed by atoms with Crippen molar-refractivity contribution in [3.05, 3.63) is 200 Å². The zero-order valence-electron chi connectivity index (χ0n) is 31.7. The summed E-state index contributed by atoms with van der Waals surface area (Å²) < 4.78 is 8.73. The van der Waals surface area contributed by atoms with E-state index in [0.717, 1.165) is 61.5 Å². The van der Waals surface area contributed by atoms with Crippen LogP contribution in [0.4, 0.5) is 17.1 Å². The summed E-state index contributed by atoms with van der Waals surface area (Å²) >= 11 is 1.82. The van der Waals surface area contributed by atoms with Crippen molar-refractivity contribution in [1.82, 2.24) is 9.97 Å². The van der Waals surface area contributed by atoms with Gasteiger partial charge in [-0.25, -0.2) is 0 Å². The molecule has 59 heavy (non-hydrogen) atoms. The second-order valence-corrected chi connectivity index (χ2v) is 16.1. The van der Waals surface area contributed by atoms with Crippen LogP contribution in [-0.4, -0.2) is 9.97 Å². The molecule has 0 saturated heterocycles. The molecular weight excluding hydrogens is 739 g/mol. The molecular formula is C54H33N3OS. The largest absolute Gasteiger partial charge is 0.456 e. The van der Waals surface area contributed by atoms with E-state index in [2.05, 4.69) is 169 Å². The third kappa shape index (κ3) is 5.74. The van der Waals surface area contributed by atoms with E-state index >= 15 is 0 Å². The van der Waals surface area contributed by atoms with Crippen molar-refractivity contribution in [1.29, 1.82) is 0 Å². The summed E-state index contributed by atoms with van der Waals surface area (Å²) in [5, 5.41) is 9.45. The monoisotopic (exact) mass is 771 g/mol. The van der Waals surface area contributed by atoms with Crippen molar-refractivity contribution in [2.24, 2.45) is 0 Å². The number of furan rings is 1. The summed E-state index contributed by atoms with van der Waals surface area (Å²) in [4.78, 5) is 12.1. The standard InChI is InChI=1S/C54H33N3OS/c1-2-8-34(9-3-1)37-20-26-43-38(28-37)14-15-39-29-42(25-27-44(39)43)57(40-21-16-35(17-22-40)49-30-52-47(32-55-49)45-10-4-6-12-51(45)58-52)41-23-18-36(19-24-41)50-31-54-48(33-56-50)46-11-5-7-13-53(46)59-54/h1-33H. The highest BCUT2D eigenvalue weighted by molar-refractivity contribution is 7.25. The van der Waals surface area contributed by atoms with E-state index in [1.807, 2.05) is 48.0 Å². The lowest BCUT2D eigenvalue weighted by atomic mass is 9.97. The van der Waals surface area contributed by atoms with Crippen LogP contribution in [0.15, 0.2) is 205 Å². The first kappa shape index (κ1) is 33.5. The van der Waals surface area contributed by atoms with E-state index < -0.39 is 0 Å². The van der Waals surface area contributed by atoms with Gasteiger partial charge < -0.3 is 9.32 Å². The number of pyridine rings is 2. The molecule has 0 N–H and O–H groups in total. The van der Waals surface area contributed by atoms with E-state index in [-0.39, 0.29) is 0 Å². The van der Waals surface area contributed by atoms with Crippen LogP contribution in [0, 0.1) is 0 Å². The summed E-state index contributed by atoms with van der Waals surface area (Å²) in [5.74, 6) is 0. The quantitative estimate of drug-likeness (QED) is 0.158. The molecule has 0 spiro atoms. The number of thiophene rings is 1. The molecule has 8 aromatic carbocycles. The van der Waals surface area contributed by atoms with E-state index in [0.29, 0.717) is 0 Å². The third-order valence-corrected chi connectivity index (χ3v) is 12.7. The third-order valence-electron chi connectivity index (χ3n) is 11.6. The minimum Gasteiger partial charge on any atom is -0.456 e. The number of anilines is 3. The summed E-state index contributed by atoms with van der Waals surface area (Å²) in [5.41, 5.74) is 11.3. The Morgan fingerprint density at radius 3 is 1.71 bits per heavy atom. The maximum absolute atomic E-state index is 6.20. The van der Waals surface area contributed by atoms with Gasteiger partial charge in [0.2, 0.25) is 0 Å². The second-order valence-electron chi connectivity index (χ2n) is 15.0. The van der Waals surface area contributed by atoms with Crippen molar-refractivity contribution in [2.75, 3.05) is 4.90 Å². The minimum absolute atomic E-state index is 0.836. The predicted octanol–water partition coefficient (Wildman–Crippen LogP) is 15.5. The SMILES string of the molecule is c1ccc(-c2ccc3c(ccc4cc(N(c5ccc(-c6cc7oc8ccccc8c7cn6)cc5)c5ccc(-c6cc7sc8ccccc8c7cn6)cc5)ccc43)c2)cc1. The summed E-state index contributed by atoms with van der Waals surface area (Å²) in [6.07, 6.45) is 3.94. The Bertz CT molecular complexity index is 3400. The van der Waals surface area contributed by atoms with Crippen LogP contribution in [0.3, 0.4) is 0 Å². The van der Waals surface area contributed by atoms with Crippen molar-refractivity contribution < 1.29 is 4.42 Å². The van der Waals surface area contributed by atoms with E-state index in [1.165, 1.54) is 52.8 Å². The molecule has 0 fully saturated rings. The summed E-state index contributed by atoms with van der Waals surface area (Å²) in [6, 6.07) is 67.0. The van der Waals surface area contributed by atoms with Gasteiger partial charge in [-0.1, -0.05) is 121 Å². The molecule has 4 heterocycles. The van der Waals surface area contributed by atoms with Crippen LogP contribution in [-0.2, 0) is 0 Å². The fourth-order valence-electron chi connectivity index (χ4n) is 8.57. The molecule has 0 amide bonds. The van der Waals surface area contributed by atoms with E-state index in [4.69, 9.17) is 14.4 Å². The minimum atomic E-state index is 0.836. The normalized spacial score (nSPS) is 11.7. The molecule has 276 valence electrons. The summed E-state index contributed by atoms with van der Waals surface area (Å²) in [6.45, 7) is 0. The average Bonchev–Trinajstić information content (AvgIpc) is 3.87. The summed E-state index contributed by atoms with van der Waals surface area (Å²) in [7, 11) is 0. The van der Waals surface area contributed by atoms with Crippen LogP contribution in [0.25, 0.3) is 97.3 Å². The lowest BCUT2D eigenvalue weighted by Gasteiger charge is -2.26. The molecule has 12 aromatic rings.